The van der Waals surface area contributed by atoms with Gasteiger partial charge in [0, 0.05) is 23.6 Å². The van der Waals surface area contributed by atoms with Crippen LogP contribution in [0, 0.1) is 13.8 Å². The number of thioether (sulfide) groups is 1. The van der Waals surface area contributed by atoms with Crippen LogP contribution < -0.4 is 5.32 Å². The molecular formula is C18H23N3O4S. The van der Waals surface area contributed by atoms with Gasteiger partial charge >= 0.3 is 5.97 Å². The highest BCUT2D eigenvalue weighted by Crippen LogP contribution is 2.27. The van der Waals surface area contributed by atoms with Gasteiger partial charge in [0.05, 0.1) is 11.3 Å². The van der Waals surface area contributed by atoms with Crippen molar-refractivity contribution in [1.82, 2.24) is 15.5 Å². The molecule has 2 aromatic heterocycles. The molecule has 0 radical (unpaired) electrons. The summed E-state index contributed by atoms with van der Waals surface area (Å²) in [7, 11) is 0. The van der Waals surface area contributed by atoms with Crippen molar-refractivity contribution in [1.29, 1.82) is 0 Å². The highest BCUT2D eigenvalue weighted by atomic mass is 32.2. The summed E-state index contributed by atoms with van der Waals surface area (Å²) in [5.41, 5.74) is 2.12. The van der Waals surface area contributed by atoms with E-state index in [0.717, 1.165) is 17.0 Å². The fraction of sp³-hybridized carbons (Fsp3) is 0.444. The number of aromatic nitrogens is 2. The maximum Gasteiger partial charge on any atom is 0.341 e. The van der Waals surface area contributed by atoms with Crippen LogP contribution in [0.25, 0.3) is 0 Å². The highest BCUT2D eigenvalue weighted by Gasteiger charge is 2.22. The smallest absolute Gasteiger partial charge is 0.341 e. The predicted octanol–water partition coefficient (Wildman–Crippen LogP) is 3.05. The Morgan fingerprint density at radius 2 is 2.04 bits per heavy atom. The first-order valence-corrected chi connectivity index (χ1v) is 9.29. The van der Waals surface area contributed by atoms with Gasteiger partial charge in [-0.05, 0) is 46.8 Å². The third-order valence-corrected chi connectivity index (χ3v) is 4.64. The lowest BCUT2D eigenvalue weighted by Gasteiger charge is -2.16. The summed E-state index contributed by atoms with van der Waals surface area (Å²) in [6.45, 7) is 8.95. The van der Waals surface area contributed by atoms with Crippen LogP contribution in [0.1, 0.15) is 48.1 Å². The first-order chi connectivity index (χ1) is 12.3. The maximum atomic E-state index is 12.5. The van der Waals surface area contributed by atoms with E-state index in [0.29, 0.717) is 16.3 Å². The minimum absolute atomic E-state index is 0.0248. The second-order valence-electron chi connectivity index (χ2n) is 6.16. The number of nitrogens with one attached hydrogen (secondary N) is 1. The third-order valence-electron chi connectivity index (χ3n) is 3.61. The number of hydrogen-bond acceptors (Lipinski definition) is 7. The van der Waals surface area contributed by atoms with Gasteiger partial charge in [-0.25, -0.2) is 9.78 Å². The summed E-state index contributed by atoms with van der Waals surface area (Å²) in [4.78, 5) is 28.7. The Balaban J connectivity index is 2.08. The van der Waals surface area contributed by atoms with Crippen LogP contribution in [0.15, 0.2) is 27.9 Å². The molecule has 140 valence electrons. The van der Waals surface area contributed by atoms with E-state index in [1.54, 1.807) is 25.3 Å². The Labute approximate surface area is 156 Å². The van der Waals surface area contributed by atoms with Gasteiger partial charge in [-0.3, -0.25) is 4.79 Å². The number of pyridine rings is 1. The second-order valence-corrected chi connectivity index (χ2v) is 7.12. The molecule has 0 bridgehead atoms. The van der Waals surface area contributed by atoms with Gasteiger partial charge in [-0.15, -0.1) is 11.8 Å². The normalized spacial score (nSPS) is 12.1. The Morgan fingerprint density at radius 1 is 1.31 bits per heavy atom. The van der Waals surface area contributed by atoms with Crippen LogP contribution in [-0.4, -0.2) is 34.2 Å². The van der Waals surface area contributed by atoms with Crippen LogP contribution in [0.3, 0.4) is 0 Å². The zero-order chi connectivity index (χ0) is 19.3. The van der Waals surface area contributed by atoms with Gasteiger partial charge in [-0.1, -0.05) is 5.16 Å². The van der Waals surface area contributed by atoms with Crippen molar-refractivity contribution in [2.45, 2.75) is 57.5 Å². The SMILES string of the molecule is Cc1noc(C)c1CSc1ncccc1C(=O)O[C@H](C)C(=O)NC(C)C. The zero-order valence-corrected chi connectivity index (χ0v) is 16.3. The van der Waals surface area contributed by atoms with Gasteiger partial charge in [0.15, 0.2) is 6.10 Å². The molecule has 0 fully saturated rings. The van der Waals surface area contributed by atoms with Crippen molar-refractivity contribution in [3.8, 4) is 0 Å². The molecule has 1 amide bonds. The minimum atomic E-state index is -0.884. The molecule has 2 aromatic rings. The highest BCUT2D eigenvalue weighted by molar-refractivity contribution is 7.98. The summed E-state index contributed by atoms with van der Waals surface area (Å²) >= 11 is 1.40. The molecule has 26 heavy (non-hydrogen) atoms. The number of aryl methyl sites for hydroxylation is 2. The third kappa shape index (κ3) is 5.08. The van der Waals surface area contributed by atoms with E-state index in [9.17, 15) is 9.59 Å². The van der Waals surface area contributed by atoms with Crippen LogP contribution in [-0.2, 0) is 15.3 Å². The van der Waals surface area contributed by atoms with Gasteiger partial charge in [0.25, 0.3) is 5.91 Å². The van der Waals surface area contributed by atoms with E-state index in [2.05, 4.69) is 15.5 Å². The van der Waals surface area contributed by atoms with Crippen molar-refractivity contribution in [2.24, 2.45) is 0 Å². The Bertz CT molecular complexity index is 769. The Hall–Kier alpha value is -2.35. The van der Waals surface area contributed by atoms with Crippen molar-refractivity contribution >= 4 is 23.6 Å². The standard InChI is InChI=1S/C18H23N3O4S/c1-10(2)20-16(22)13(5)24-18(23)14-7-6-8-19-17(14)26-9-15-11(3)21-25-12(15)4/h6-8,10,13H,9H2,1-5H3,(H,20,22)/t13-/m1/s1. The lowest BCUT2D eigenvalue weighted by atomic mass is 10.2. The van der Waals surface area contributed by atoms with E-state index in [1.807, 2.05) is 27.7 Å². The van der Waals surface area contributed by atoms with E-state index in [1.165, 1.54) is 11.8 Å². The van der Waals surface area contributed by atoms with Crippen LogP contribution >= 0.6 is 11.8 Å². The molecule has 0 aliphatic carbocycles. The van der Waals surface area contributed by atoms with Gasteiger partial charge in [-0.2, -0.15) is 0 Å². The molecule has 1 atom stereocenters. The fourth-order valence-corrected chi connectivity index (χ4v) is 3.32. The number of amides is 1. The predicted molar refractivity (Wildman–Crippen MR) is 97.9 cm³/mol. The molecule has 8 heteroatoms. The average molecular weight is 377 g/mol. The summed E-state index contributed by atoms with van der Waals surface area (Å²) in [5.74, 6) is 0.406. The molecule has 0 saturated heterocycles. The molecule has 0 aliphatic rings. The molecule has 0 spiro atoms. The molecule has 0 saturated carbocycles. The molecule has 1 N–H and O–H groups in total. The molecule has 0 aliphatic heterocycles. The number of esters is 1. The van der Waals surface area contributed by atoms with E-state index < -0.39 is 12.1 Å². The first kappa shape index (κ1) is 20.0. The molecule has 0 unspecified atom stereocenters. The number of carbonyl (C=O) groups is 2. The monoisotopic (exact) mass is 377 g/mol. The van der Waals surface area contributed by atoms with Crippen LogP contribution in [0.2, 0.25) is 0 Å². The van der Waals surface area contributed by atoms with Crippen molar-refractivity contribution in [3.63, 3.8) is 0 Å². The molecule has 2 rings (SSSR count). The fourth-order valence-electron chi connectivity index (χ4n) is 2.19. The van der Waals surface area contributed by atoms with Gasteiger partial charge in [0.1, 0.15) is 10.8 Å². The number of carbonyl (C=O) groups excluding carboxylic acids is 2. The Morgan fingerprint density at radius 3 is 2.65 bits per heavy atom. The largest absolute Gasteiger partial charge is 0.449 e. The summed E-state index contributed by atoms with van der Waals surface area (Å²) in [6, 6.07) is 3.27. The quantitative estimate of drug-likeness (QED) is 0.585. The van der Waals surface area contributed by atoms with E-state index >= 15 is 0 Å². The molecule has 2 heterocycles. The van der Waals surface area contributed by atoms with Crippen molar-refractivity contribution in [3.05, 3.63) is 40.9 Å². The summed E-state index contributed by atoms with van der Waals surface area (Å²) in [5, 5.41) is 7.18. The van der Waals surface area contributed by atoms with Crippen molar-refractivity contribution in [2.75, 3.05) is 0 Å². The minimum Gasteiger partial charge on any atom is -0.449 e. The van der Waals surface area contributed by atoms with E-state index in [-0.39, 0.29) is 11.9 Å². The number of rotatable bonds is 7. The zero-order valence-electron chi connectivity index (χ0n) is 15.5. The van der Waals surface area contributed by atoms with Crippen LogP contribution in [0.5, 0.6) is 0 Å². The Kier molecular flexibility index (Phi) is 6.79. The summed E-state index contributed by atoms with van der Waals surface area (Å²) in [6.07, 6.45) is 0.729. The molecule has 7 nitrogen and oxygen atoms in total. The maximum absolute atomic E-state index is 12.5. The van der Waals surface area contributed by atoms with Gasteiger partial charge < -0.3 is 14.6 Å². The van der Waals surface area contributed by atoms with Crippen molar-refractivity contribution < 1.29 is 18.8 Å². The second kappa shape index (κ2) is 8.84. The van der Waals surface area contributed by atoms with E-state index in [4.69, 9.17) is 9.26 Å². The number of ether oxygens (including phenoxy) is 1. The first-order valence-electron chi connectivity index (χ1n) is 8.30. The van der Waals surface area contributed by atoms with Gasteiger partial charge in [0.2, 0.25) is 0 Å². The number of nitrogens with zero attached hydrogens (tertiary/aromatic N) is 2. The topological polar surface area (TPSA) is 94.3 Å². The lowest BCUT2D eigenvalue weighted by molar-refractivity contribution is -0.129. The van der Waals surface area contributed by atoms with Crippen LogP contribution in [0.4, 0.5) is 0 Å². The average Bonchev–Trinajstić information content (AvgIpc) is 2.90. The molecule has 0 aromatic carbocycles. The molecular weight excluding hydrogens is 354 g/mol. The summed E-state index contributed by atoms with van der Waals surface area (Å²) < 4.78 is 10.4. The lowest BCUT2D eigenvalue weighted by Crippen LogP contribution is -2.39. The number of hydrogen-bond donors (Lipinski definition) is 1.